The summed E-state index contributed by atoms with van der Waals surface area (Å²) in [5, 5.41) is 8.91. The Labute approximate surface area is 162 Å². The Bertz CT molecular complexity index is 990. The van der Waals surface area contributed by atoms with Gasteiger partial charge in [0.1, 0.15) is 17.3 Å². The van der Waals surface area contributed by atoms with Gasteiger partial charge in [-0.05, 0) is 32.0 Å². The topological polar surface area (TPSA) is 144 Å². The summed E-state index contributed by atoms with van der Waals surface area (Å²) in [4.78, 5) is 32.9. The number of carbonyl (C=O) groups excluding carboxylic acids is 1. The average molecular weight is 379 g/mol. The zero-order valence-corrected chi connectivity index (χ0v) is 15.8. The number of carbonyl (C=O) groups is 1. The van der Waals surface area contributed by atoms with E-state index in [0.29, 0.717) is 40.7 Å². The Morgan fingerprint density at radius 3 is 2.57 bits per heavy atom. The lowest BCUT2D eigenvalue weighted by Crippen LogP contribution is -2.15. The molecule has 3 heterocycles. The molecule has 10 nitrogen and oxygen atoms in total. The number of nitrogens with two attached hydrogens (primary N) is 1. The SMILES string of the molecule is CC(=O)Nc1cccc(-c2nc(Nc3ccnc(N)c3)nc(NC(C)C)n2)n1. The Morgan fingerprint density at radius 1 is 1.07 bits per heavy atom. The Morgan fingerprint density at radius 2 is 1.86 bits per heavy atom. The second-order valence-corrected chi connectivity index (χ2v) is 6.29. The molecule has 3 aromatic heterocycles. The largest absolute Gasteiger partial charge is 0.384 e. The van der Waals surface area contributed by atoms with Crippen LogP contribution in [0.4, 0.5) is 29.2 Å². The van der Waals surface area contributed by atoms with Gasteiger partial charge in [-0.15, -0.1) is 0 Å². The van der Waals surface area contributed by atoms with Crippen molar-refractivity contribution in [1.82, 2.24) is 24.9 Å². The van der Waals surface area contributed by atoms with Gasteiger partial charge in [-0.3, -0.25) is 4.79 Å². The van der Waals surface area contributed by atoms with Crippen molar-refractivity contribution in [2.45, 2.75) is 26.8 Å². The number of nitrogens with zero attached hydrogens (tertiary/aromatic N) is 5. The quantitative estimate of drug-likeness (QED) is 0.507. The van der Waals surface area contributed by atoms with Crippen molar-refractivity contribution in [2.24, 2.45) is 0 Å². The number of rotatable bonds is 6. The van der Waals surface area contributed by atoms with Crippen LogP contribution in [0.25, 0.3) is 11.5 Å². The number of nitrogen functional groups attached to an aromatic ring is 1. The van der Waals surface area contributed by atoms with Gasteiger partial charge in [0.25, 0.3) is 0 Å². The molecule has 0 aromatic carbocycles. The van der Waals surface area contributed by atoms with Crippen LogP contribution in [0.3, 0.4) is 0 Å². The van der Waals surface area contributed by atoms with Crippen LogP contribution < -0.4 is 21.7 Å². The van der Waals surface area contributed by atoms with Crippen molar-refractivity contribution < 1.29 is 4.79 Å². The Kier molecular flexibility index (Phi) is 5.58. The first kappa shape index (κ1) is 19.0. The molecule has 0 bridgehead atoms. The summed E-state index contributed by atoms with van der Waals surface area (Å²) in [6.45, 7) is 5.38. The van der Waals surface area contributed by atoms with Gasteiger partial charge in [-0.25, -0.2) is 9.97 Å². The molecular weight excluding hydrogens is 358 g/mol. The van der Waals surface area contributed by atoms with Crippen LogP contribution in [0, 0.1) is 0 Å². The first-order valence-electron chi connectivity index (χ1n) is 8.65. The third-order valence-electron chi connectivity index (χ3n) is 3.37. The third-order valence-corrected chi connectivity index (χ3v) is 3.37. The average Bonchev–Trinajstić information content (AvgIpc) is 2.60. The van der Waals surface area contributed by atoms with Gasteiger partial charge in [0.15, 0.2) is 5.82 Å². The molecule has 0 unspecified atom stereocenters. The smallest absolute Gasteiger partial charge is 0.232 e. The summed E-state index contributed by atoms with van der Waals surface area (Å²) < 4.78 is 0. The predicted octanol–water partition coefficient (Wildman–Crippen LogP) is 2.43. The van der Waals surface area contributed by atoms with Gasteiger partial charge in [0, 0.05) is 30.9 Å². The summed E-state index contributed by atoms with van der Waals surface area (Å²) in [6.07, 6.45) is 1.59. The molecule has 28 heavy (non-hydrogen) atoms. The maximum atomic E-state index is 11.3. The second-order valence-electron chi connectivity index (χ2n) is 6.29. The van der Waals surface area contributed by atoms with Crippen molar-refractivity contribution in [3.8, 4) is 11.5 Å². The summed E-state index contributed by atoms with van der Waals surface area (Å²) in [5.74, 6) is 1.67. The number of hydrogen-bond donors (Lipinski definition) is 4. The van der Waals surface area contributed by atoms with E-state index in [9.17, 15) is 4.79 Å². The van der Waals surface area contributed by atoms with E-state index in [1.165, 1.54) is 6.92 Å². The number of anilines is 5. The van der Waals surface area contributed by atoms with E-state index in [-0.39, 0.29) is 11.9 Å². The normalized spacial score (nSPS) is 10.6. The molecule has 0 saturated heterocycles. The molecule has 0 saturated carbocycles. The number of aromatic nitrogens is 5. The molecule has 0 spiro atoms. The lowest BCUT2D eigenvalue weighted by atomic mass is 10.3. The van der Waals surface area contributed by atoms with Gasteiger partial charge < -0.3 is 21.7 Å². The van der Waals surface area contributed by atoms with E-state index >= 15 is 0 Å². The molecule has 0 aliphatic rings. The Balaban J connectivity index is 1.99. The molecule has 1 amide bonds. The van der Waals surface area contributed by atoms with E-state index in [0.717, 1.165) is 0 Å². The molecule has 144 valence electrons. The van der Waals surface area contributed by atoms with Crippen LogP contribution >= 0.6 is 0 Å². The van der Waals surface area contributed by atoms with Gasteiger partial charge in [0.05, 0.1) is 0 Å². The Hall–Kier alpha value is -3.82. The number of hydrogen-bond acceptors (Lipinski definition) is 9. The van der Waals surface area contributed by atoms with E-state index in [1.807, 2.05) is 13.8 Å². The number of pyridine rings is 2. The fraction of sp³-hybridized carbons (Fsp3) is 0.222. The van der Waals surface area contributed by atoms with Gasteiger partial charge in [-0.1, -0.05) is 6.07 Å². The fourth-order valence-corrected chi connectivity index (χ4v) is 2.33. The highest BCUT2D eigenvalue weighted by atomic mass is 16.1. The molecule has 0 aliphatic heterocycles. The van der Waals surface area contributed by atoms with Crippen LogP contribution in [0.15, 0.2) is 36.5 Å². The fourth-order valence-electron chi connectivity index (χ4n) is 2.33. The summed E-state index contributed by atoms with van der Waals surface area (Å²) in [5.41, 5.74) is 6.92. The van der Waals surface area contributed by atoms with Gasteiger partial charge in [-0.2, -0.15) is 15.0 Å². The highest BCUT2D eigenvalue weighted by Crippen LogP contribution is 2.21. The molecule has 0 fully saturated rings. The van der Waals surface area contributed by atoms with Gasteiger partial charge >= 0.3 is 0 Å². The van der Waals surface area contributed by atoms with Crippen LogP contribution in [0.2, 0.25) is 0 Å². The number of amides is 1. The summed E-state index contributed by atoms with van der Waals surface area (Å²) in [6, 6.07) is 8.77. The van der Waals surface area contributed by atoms with Crippen molar-refractivity contribution in [3.05, 3.63) is 36.5 Å². The van der Waals surface area contributed by atoms with E-state index in [1.54, 1.807) is 36.5 Å². The maximum Gasteiger partial charge on any atom is 0.232 e. The van der Waals surface area contributed by atoms with Crippen LogP contribution in [0.1, 0.15) is 20.8 Å². The molecule has 0 aliphatic carbocycles. The van der Waals surface area contributed by atoms with Crippen LogP contribution in [-0.2, 0) is 4.79 Å². The second kappa shape index (κ2) is 8.25. The molecule has 0 radical (unpaired) electrons. The van der Waals surface area contributed by atoms with Crippen molar-refractivity contribution in [2.75, 3.05) is 21.7 Å². The molecule has 3 rings (SSSR count). The van der Waals surface area contributed by atoms with E-state index in [4.69, 9.17) is 5.73 Å². The van der Waals surface area contributed by atoms with E-state index < -0.39 is 0 Å². The highest BCUT2D eigenvalue weighted by molar-refractivity contribution is 5.87. The third kappa shape index (κ3) is 5.10. The van der Waals surface area contributed by atoms with Crippen molar-refractivity contribution >= 4 is 35.1 Å². The standard InChI is InChI=1S/C18H21N9O/c1-10(2)21-17-25-16(13-5-4-6-15(24-13)22-11(3)28)26-18(27-17)23-12-7-8-20-14(19)9-12/h4-10H,1-3H3,(H,22,24,28)(H4,19,20,21,23,25,26,27). The first-order valence-corrected chi connectivity index (χ1v) is 8.65. The maximum absolute atomic E-state index is 11.3. The lowest BCUT2D eigenvalue weighted by Gasteiger charge is -2.12. The van der Waals surface area contributed by atoms with Crippen molar-refractivity contribution in [3.63, 3.8) is 0 Å². The molecule has 5 N–H and O–H groups in total. The number of nitrogens with one attached hydrogen (secondary N) is 3. The first-order chi connectivity index (χ1) is 13.4. The molecule has 0 atom stereocenters. The minimum absolute atomic E-state index is 0.123. The monoisotopic (exact) mass is 379 g/mol. The summed E-state index contributed by atoms with van der Waals surface area (Å²) >= 11 is 0. The zero-order chi connectivity index (χ0) is 20.1. The minimum Gasteiger partial charge on any atom is -0.384 e. The van der Waals surface area contributed by atoms with Crippen LogP contribution in [-0.4, -0.2) is 36.9 Å². The van der Waals surface area contributed by atoms with E-state index in [2.05, 4.69) is 40.9 Å². The van der Waals surface area contributed by atoms with Crippen LogP contribution in [0.5, 0.6) is 0 Å². The molecular formula is C18H21N9O. The molecule has 10 heteroatoms. The lowest BCUT2D eigenvalue weighted by molar-refractivity contribution is -0.114. The van der Waals surface area contributed by atoms with Gasteiger partial charge in [0.2, 0.25) is 17.8 Å². The summed E-state index contributed by atoms with van der Waals surface area (Å²) in [7, 11) is 0. The predicted molar refractivity (Wildman–Crippen MR) is 108 cm³/mol. The zero-order valence-electron chi connectivity index (χ0n) is 15.8. The van der Waals surface area contributed by atoms with Crippen molar-refractivity contribution in [1.29, 1.82) is 0 Å². The highest BCUT2D eigenvalue weighted by Gasteiger charge is 2.12. The minimum atomic E-state index is -0.208. The molecule has 3 aromatic rings.